The van der Waals surface area contributed by atoms with Crippen molar-refractivity contribution in [1.29, 1.82) is 0 Å². The van der Waals surface area contributed by atoms with E-state index in [-0.39, 0.29) is 10.8 Å². The van der Waals surface area contributed by atoms with Gasteiger partial charge in [-0.25, -0.2) is 4.68 Å². The van der Waals surface area contributed by atoms with Gasteiger partial charge in [0, 0.05) is 6.54 Å². The Bertz CT molecular complexity index is 403. The van der Waals surface area contributed by atoms with Crippen molar-refractivity contribution in [1.82, 2.24) is 14.7 Å². The second-order valence-electron chi connectivity index (χ2n) is 4.12. The summed E-state index contributed by atoms with van der Waals surface area (Å²) >= 11 is 5.98. The van der Waals surface area contributed by atoms with Crippen molar-refractivity contribution in [3.63, 3.8) is 0 Å². The molecule has 0 aliphatic carbocycles. The molecule has 1 aromatic rings. The Kier molecular flexibility index (Phi) is 4.89. The average molecular weight is 261 g/mol. The Labute approximate surface area is 105 Å². The maximum Gasteiger partial charge on any atom is 0.329 e. The van der Waals surface area contributed by atoms with Gasteiger partial charge in [0.15, 0.2) is 0 Å². The van der Waals surface area contributed by atoms with Crippen LogP contribution in [-0.2, 0) is 13.0 Å². The zero-order valence-electron chi connectivity index (χ0n) is 10.3. The molecule has 0 amide bonds. The lowest BCUT2D eigenvalue weighted by Gasteiger charge is -2.09. The lowest BCUT2D eigenvalue weighted by molar-refractivity contribution is -0.385. The number of rotatable bonds is 6. The largest absolute Gasteiger partial charge is 0.329 e. The van der Waals surface area contributed by atoms with Gasteiger partial charge in [0.1, 0.15) is 5.69 Å². The third kappa shape index (κ3) is 3.41. The molecule has 0 spiro atoms. The average Bonchev–Trinajstić information content (AvgIpc) is 2.52. The molecule has 0 aliphatic heterocycles. The Balaban J connectivity index is 2.99. The summed E-state index contributed by atoms with van der Waals surface area (Å²) in [5.74, 6) is 0. The quantitative estimate of drug-likeness (QED) is 0.579. The van der Waals surface area contributed by atoms with Crippen LogP contribution in [0.25, 0.3) is 0 Å². The second kappa shape index (κ2) is 5.97. The molecule has 96 valence electrons. The predicted octanol–water partition coefficient (Wildman–Crippen LogP) is 1.96. The predicted molar refractivity (Wildman–Crippen MR) is 66.4 cm³/mol. The number of nitro groups is 1. The Morgan fingerprint density at radius 2 is 2.18 bits per heavy atom. The molecule has 0 N–H and O–H groups in total. The molecule has 0 radical (unpaired) electrons. The molecule has 0 saturated carbocycles. The first-order valence-electron chi connectivity index (χ1n) is 5.51. The van der Waals surface area contributed by atoms with E-state index >= 15 is 0 Å². The van der Waals surface area contributed by atoms with E-state index in [0.29, 0.717) is 18.7 Å². The van der Waals surface area contributed by atoms with E-state index in [9.17, 15) is 10.1 Å². The number of halogens is 1. The molecule has 0 saturated heterocycles. The highest BCUT2D eigenvalue weighted by Gasteiger charge is 2.25. The zero-order valence-corrected chi connectivity index (χ0v) is 11.1. The standard InChI is InChI=1S/C10H17ClN4O2/c1-4-5-8-9(15(16)17)10(11)14(12-8)7-6-13(2)3/h4-7H2,1-3H3. The van der Waals surface area contributed by atoms with Crippen LogP contribution in [0, 0.1) is 10.1 Å². The van der Waals surface area contributed by atoms with E-state index in [0.717, 1.165) is 13.0 Å². The molecule has 17 heavy (non-hydrogen) atoms. The fourth-order valence-electron chi connectivity index (χ4n) is 1.51. The van der Waals surface area contributed by atoms with Gasteiger partial charge in [-0.15, -0.1) is 0 Å². The van der Waals surface area contributed by atoms with Gasteiger partial charge in [0.05, 0.1) is 11.5 Å². The summed E-state index contributed by atoms with van der Waals surface area (Å²) in [5, 5.41) is 15.3. The number of hydrogen-bond acceptors (Lipinski definition) is 4. The molecule has 0 atom stereocenters. The normalized spacial score (nSPS) is 11.1. The first-order chi connectivity index (χ1) is 7.97. The molecule has 0 unspecified atom stereocenters. The van der Waals surface area contributed by atoms with E-state index in [4.69, 9.17) is 11.6 Å². The van der Waals surface area contributed by atoms with Gasteiger partial charge < -0.3 is 4.90 Å². The molecule has 0 aromatic carbocycles. The number of hydrogen-bond donors (Lipinski definition) is 0. The third-order valence-corrected chi connectivity index (χ3v) is 2.74. The highest BCUT2D eigenvalue weighted by Crippen LogP contribution is 2.29. The van der Waals surface area contributed by atoms with Crippen LogP contribution in [0.15, 0.2) is 0 Å². The summed E-state index contributed by atoms with van der Waals surface area (Å²) in [4.78, 5) is 12.4. The van der Waals surface area contributed by atoms with Crippen LogP contribution in [0.3, 0.4) is 0 Å². The zero-order chi connectivity index (χ0) is 13.0. The fraction of sp³-hybridized carbons (Fsp3) is 0.700. The Morgan fingerprint density at radius 1 is 1.53 bits per heavy atom. The maximum atomic E-state index is 10.9. The summed E-state index contributed by atoms with van der Waals surface area (Å²) in [5.41, 5.74) is 0.425. The molecule has 0 aliphatic rings. The Morgan fingerprint density at radius 3 is 2.65 bits per heavy atom. The smallest absolute Gasteiger partial charge is 0.308 e. The highest BCUT2D eigenvalue weighted by molar-refractivity contribution is 6.31. The van der Waals surface area contributed by atoms with Crippen LogP contribution in [0.4, 0.5) is 5.69 Å². The van der Waals surface area contributed by atoms with Gasteiger partial charge in [-0.05, 0) is 20.5 Å². The van der Waals surface area contributed by atoms with Gasteiger partial charge in [-0.3, -0.25) is 10.1 Å². The molecule has 7 heteroatoms. The lowest BCUT2D eigenvalue weighted by atomic mass is 10.2. The minimum Gasteiger partial charge on any atom is -0.308 e. The number of aryl methyl sites for hydroxylation is 1. The van der Waals surface area contributed by atoms with Crippen molar-refractivity contribution >= 4 is 17.3 Å². The summed E-state index contributed by atoms with van der Waals surface area (Å²) in [6.07, 6.45) is 1.38. The van der Waals surface area contributed by atoms with Crippen molar-refractivity contribution < 1.29 is 4.92 Å². The highest BCUT2D eigenvalue weighted by atomic mass is 35.5. The van der Waals surface area contributed by atoms with Gasteiger partial charge in [0.2, 0.25) is 5.15 Å². The summed E-state index contributed by atoms with van der Waals surface area (Å²) in [6, 6.07) is 0. The van der Waals surface area contributed by atoms with Crippen LogP contribution in [0.5, 0.6) is 0 Å². The van der Waals surface area contributed by atoms with Crippen molar-refractivity contribution in [2.24, 2.45) is 0 Å². The molecule has 6 nitrogen and oxygen atoms in total. The third-order valence-electron chi connectivity index (χ3n) is 2.37. The van der Waals surface area contributed by atoms with E-state index in [1.807, 2.05) is 25.9 Å². The molecule has 1 heterocycles. The van der Waals surface area contributed by atoms with Crippen LogP contribution < -0.4 is 0 Å². The van der Waals surface area contributed by atoms with E-state index in [1.54, 1.807) is 0 Å². The lowest BCUT2D eigenvalue weighted by Crippen LogP contribution is -2.19. The SMILES string of the molecule is CCCc1nn(CCN(C)C)c(Cl)c1[N+](=O)[O-]. The van der Waals surface area contributed by atoms with Gasteiger partial charge in [-0.1, -0.05) is 24.9 Å². The summed E-state index contributed by atoms with van der Waals surface area (Å²) < 4.78 is 1.50. The molecule has 0 fully saturated rings. The van der Waals surface area contributed by atoms with Crippen LogP contribution in [-0.4, -0.2) is 40.2 Å². The van der Waals surface area contributed by atoms with E-state index in [1.165, 1.54) is 4.68 Å². The minimum absolute atomic E-state index is 0.0488. The second-order valence-corrected chi connectivity index (χ2v) is 4.48. The van der Waals surface area contributed by atoms with Crippen molar-refractivity contribution in [2.45, 2.75) is 26.3 Å². The number of likely N-dealkylation sites (N-methyl/N-ethyl adjacent to an activating group) is 1. The first kappa shape index (κ1) is 13.9. The fourth-order valence-corrected chi connectivity index (χ4v) is 1.81. The monoisotopic (exact) mass is 260 g/mol. The van der Waals surface area contributed by atoms with Crippen molar-refractivity contribution in [3.05, 3.63) is 21.0 Å². The van der Waals surface area contributed by atoms with Gasteiger partial charge >= 0.3 is 5.69 Å². The molecule has 1 aromatic heterocycles. The van der Waals surface area contributed by atoms with E-state index in [2.05, 4.69) is 5.10 Å². The van der Waals surface area contributed by atoms with Crippen LogP contribution >= 0.6 is 11.6 Å². The molecular weight excluding hydrogens is 244 g/mol. The molecule has 1 rings (SSSR count). The topological polar surface area (TPSA) is 64.2 Å². The molecular formula is C10H17ClN4O2. The number of aromatic nitrogens is 2. The number of nitrogens with zero attached hydrogens (tertiary/aromatic N) is 4. The minimum atomic E-state index is -0.452. The molecule has 0 bridgehead atoms. The van der Waals surface area contributed by atoms with Crippen LogP contribution in [0.2, 0.25) is 5.15 Å². The summed E-state index contributed by atoms with van der Waals surface area (Å²) in [6.45, 7) is 3.25. The maximum absolute atomic E-state index is 10.9. The van der Waals surface area contributed by atoms with Gasteiger partial charge in [0.25, 0.3) is 0 Å². The van der Waals surface area contributed by atoms with Crippen molar-refractivity contribution in [2.75, 3.05) is 20.6 Å². The van der Waals surface area contributed by atoms with Crippen molar-refractivity contribution in [3.8, 4) is 0 Å². The first-order valence-corrected chi connectivity index (χ1v) is 5.89. The Hall–Kier alpha value is -1.14. The van der Waals surface area contributed by atoms with Crippen LogP contribution in [0.1, 0.15) is 19.0 Å². The summed E-state index contributed by atoms with van der Waals surface area (Å²) in [7, 11) is 3.86. The van der Waals surface area contributed by atoms with Gasteiger partial charge in [-0.2, -0.15) is 5.10 Å². The van der Waals surface area contributed by atoms with E-state index < -0.39 is 4.92 Å².